The number of likely N-dealkylation sites (tertiary alicyclic amines) is 1. The van der Waals surface area contributed by atoms with Crippen LogP contribution in [0.1, 0.15) is 25.5 Å². The topological polar surface area (TPSA) is 67.2 Å². The van der Waals surface area contributed by atoms with Crippen molar-refractivity contribution in [3.05, 3.63) is 41.8 Å². The lowest BCUT2D eigenvalue weighted by atomic mass is 10.2. The Kier molecular flexibility index (Phi) is 4.33. The van der Waals surface area contributed by atoms with Gasteiger partial charge >= 0.3 is 0 Å². The molecule has 1 aromatic carbocycles. The second-order valence-corrected chi connectivity index (χ2v) is 5.92. The first-order chi connectivity index (χ1) is 11.5. The molecule has 1 aliphatic heterocycles. The van der Waals surface area contributed by atoms with Crippen LogP contribution in [0.3, 0.4) is 0 Å². The largest absolute Gasteiger partial charge is 0.331 e. The average molecular weight is 330 g/mol. The first-order valence-electron chi connectivity index (χ1n) is 7.86. The number of nitrogens with zero attached hydrogens (tertiary/aromatic N) is 3. The Morgan fingerprint density at radius 2 is 2.00 bits per heavy atom. The number of hydrogen-bond donors (Lipinski definition) is 1. The molecule has 2 aromatic rings. The van der Waals surface area contributed by atoms with E-state index in [4.69, 9.17) is 0 Å². The third-order valence-electron chi connectivity index (χ3n) is 4.11. The predicted molar refractivity (Wildman–Crippen MR) is 87.3 cm³/mol. The lowest BCUT2D eigenvalue weighted by Crippen LogP contribution is -2.42. The number of carbonyl (C=O) groups is 2. The quantitative estimate of drug-likeness (QED) is 0.939. The third kappa shape index (κ3) is 3.15. The highest BCUT2D eigenvalue weighted by molar-refractivity contribution is 5.97. The summed E-state index contributed by atoms with van der Waals surface area (Å²) in [6.07, 6.45) is 1.46. The van der Waals surface area contributed by atoms with Gasteiger partial charge in [-0.15, -0.1) is 0 Å². The molecule has 3 rings (SSSR count). The molecule has 24 heavy (non-hydrogen) atoms. The van der Waals surface area contributed by atoms with Crippen LogP contribution in [-0.4, -0.2) is 39.1 Å². The number of benzene rings is 1. The minimum absolute atomic E-state index is 0.101. The standard InChI is InChI=1S/C17H19FN4O2/c1-11-10-16(22(20-11)14-7-5-13(18)6-8-14)19-17(24)15-4-3-9-21(15)12(2)23/h5-8,10,15H,3-4,9H2,1-2H3,(H,19,24). The minimum Gasteiger partial charge on any atom is -0.331 e. The highest BCUT2D eigenvalue weighted by atomic mass is 19.1. The van der Waals surface area contributed by atoms with E-state index in [0.29, 0.717) is 24.5 Å². The zero-order valence-electron chi connectivity index (χ0n) is 13.6. The number of anilines is 1. The van der Waals surface area contributed by atoms with E-state index in [9.17, 15) is 14.0 Å². The van der Waals surface area contributed by atoms with Crippen LogP contribution in [0.15, 0.2) is 30.3 Å². The van der Waals surface area contributed by atoms with Crippen LogP contribution in [0.5, 0.6) is 0 Å². The number of hydrogen-bond acceptors (Lipinski definition) is 3. The Bertz CT molecular complexity index is 769. The van der Waals surface area contributed by atoms with E-state index in [-0.39, 0.29) is 17.6 Å². The van der Waals surface area contributed by atoms with Crippen molar-refractivity contribution in [1.29, 1.82) is 0 Å². The molecule has 0 bridgehead atoms. The van der Waals surface area contributed by atoms with E-state index >= 15 is 0 Å². The maximum absolute atomic E-state index is 13.1. The van der Waals surface area contributed by atoms with Crippen LogP contribution in [0.25, 0.3) is 5.69 Å². The molecule has 7 heteroatoms. The summed E-state index contributed by atoms with van der Waals surface area (Å²) in [7, 11) is 0. The zero-order chi connectivity index (χ0) is 17.3. The van der Waals surface area contributed by atoms with E-state index in [1.165, 1.54) is 19.1 Å². The van der Waals surface area contributed by atoms with Gasteiger partial charge in [0.2, 0.25) is 11.8 Å². The van der Waals surface area contributed by atoms with Crippen LogP contribution >= 0.6 is 0 Å². The van der Waals surface area contributed by atoms with Crippen molar-refractivity contribution in [2.75, 3.05) is 11.9 Å². The van der Waals surface area contributed by atoms with Crippen molar-refractivity contribution < 1.29 is 14.0 Å². The summed E-state index contributed by atoms with van der Waals surface area (Å²) in [6.45, 7) is 3.88. The highest BCUT2D eigenvalue weighted by Crippen LogP contribution is 2.21. The Balaban J connectivity index is 1.84. The number of nitrogens with one attached hydrogen (secondary N) is 1. The molecule has 1 atom stereocenters. The molecule has 126 valence electrons. The fraction of sp³-hybridized carbons (Fsp3) is 0.353. The van der Waals surface area contributed by atoms with E-state index in [1.807, 2.05) is 6.92 Å². The molecule has 0 saturated carbocycles. The van der Waals surface area contributed by atoms with Gasteiger partial charge in [0.25, 0.3) is 0 Å². The van der Waals surface area contributed by atoms with Gasteiger partial charge in [-0.25, -0.2) is 9.07 Å². The van der Waals surface area contributed by atoms with E-state index < -0.39 is 6.04 Å². The summed E-state index contributed by atoms with van der Waals surface area (Å²) < 4.78 is 14.7. The van der Waals surface area contributed by atoms with Crippen LogP contribution < -0.4 is 5.32 Å². The Hall–Kier alpha value is -2.70. The molecule has 1 saturated heterocycles. The first-order valence-corrected chi connectivity index (χ1v) is 7.86. The first kappa shape index (κ1) is 16.2. The monoisotopic (exact) mass is 330 g/mol. The molecule has 1 aliphatic rings. The molecule has 0 aliphatic carbocycles. The second kappa shape index (κ2) is 6.43. The lowest BCUT2D eigenvalue weighted by molar-refractivity contribution is -0.134. The van der Waals surface area contributed by atoms with Crippen LogP contribution in [0, 0.1) is 12.7 Å². The van der Waals surface area contributed by atoms with Crippen molar-refractivity contribution >= 4 is 17.6 Å². The van der Waals surface area contributed by atoms with Crippen LogP contribution in [0.4, 0.5) is 10.2 Å². The molecule has 1 fully saturated rings. The third-order valence-corrected chi connectivity index (χ3v) is 4.11. The molecule has 1 unspecified atom stereocenters. The molecule has 2 amide bonds. The van der Waals surface area contributed by atoms with Gasteiger partial charge in [0.15, 0.2) is 0 Å². The number of aryl methyl sites for hydroxylation is 1. The predicted octanol–water partition coefficient (Wildman–Crippen LogP) is 2.27. The molecule has 1 aromatic heterocycles. The Morgan fingerprint density at radius 3 is 2.67 bits per heavy atom. The van der Waals surface area contributed by atoms with Gasteiger partial charge in [-0.2, -0.15) is 5.10 Å². The number of rotatable bonds is 3. The molecule has 1 N–H and O–H groups in total. The van der Waals surface area contributed by atoms with Gasteiger partial charge in [-0.05, 0) is 44.0 Å². The minimum atomic E-state index is -0.459. The van der Waals surface area contributed by atoms with Gasteiger partial charge in [0, 0.05) is 19.5 Å². The Labute approximate surface area is 139 Å². The van der Waals surface area contributed by atoms with Crippen molar-refractivity contribution in [3.8, 4) is 5.69 Å². The fourth-order valence-corrected chi connectivity index (χ4v) is 2.99. The Morgan fingerprint density at radius 1 is 1.29 bits per heavy atom. The second-order valence-electron chi connectivity index (χ2n) is 5.92. The van der Waals surface area contributed by atoms with Crippen molar-refractivity contribution in [3.63, 3.8) is 0 Å². The zero-order valence-corrected chi connectivity index (χ0v) is 13.6. The number of aromatic nitrogens is 2. The number of halogens is 1. The van der Waals surface area contributed by atoms with E-state index in [0.717, 1.165) is 12.1 Å². The number of carbonyl (C=O) groups excluding carboxylic acids is 2. The fourth-order valence-electron chi connectivity index (χ4n) is 2.99. The molecule has 0 radical (unpaired) electrons. The summed E-state index contributed by atoms with van der Waals surface area (Å²) in [4.78, 5) is 25.8. The van der Waals surface area contributed by atoms with Crippen molar-refractivity contribution in [2.45, 2.75) is 32.7 Å². The van der Waals surface area contributed by atoms with Crippen molar-refractivity contribution in [1.82, 2.24) is 14.7 Å². The van der Waals surface area contributed by atoms with E-state index in [1.54, 1.807) is 27.8 Å². The van der Waals surface area contributed by atoms with Gasteiger partial charge < -0.3 is 10.2 Å². The van der Waals surface area contributed by atoms with Gasteiger partial charge in [-0.3, -0.25) is 9.59 Å². The van der Waals surface area contributed by atoms with Gasteiger partial charge in [0.1, 0.15) is 17.7 Å². The SMILES string of the molecule is CC(=O)N1CCCC1C(=O)Nc1cc(C)nn1-c1ccc(F)cc1. The summed E-state index contributed by atoms with van der Waals surface area (Å²) in [6, 6.07) is 7.15. The number of amides is 2. The van der Waals surface area contributed by atoms with Gasteiger partial charge in [-0.1, -0.05) is 0 Å². The van der Waals surface area contributed by atoms with Crippen LogP contribution in [-0.2, 0) is 9.59 Å². The summed E-state index contributed by atoms with van der Waals surface area (Å²) >= 11 is 0. The normalized spacial score (nSPS) is 17.1. The van der Waals surface area contributed by atoms with Crippen molar-refractivity contribution in [2.24, 2.45) is 0 Å². The molecule has 0 spiro atoms. The van der Waals surface area contributed by atoms with E-state index in [2.05, 4.69) is 10.4 Å². The highest BCUT2D eigenvalue weighted by Gasteiger charge is 2.32. The molecular weight excluding hydrogens is 311 g/mol. The maximum Gasteiger partial charge on any atom is 0.248 e. The smallest absolute Gasteiger partial charge is 0.248 e. The summed E-state index contributed by atoms with van der Waals surface area (Å²) in [5.74, 6) is -0.169. The lowest BCUT2D eigenvalue weighted by Gasteiger charge is -2.22. The molecule has 2 heterocycles. The molecular formula is C17H19FN4O2. The summed E-state index contributed by atoms with van der Waals surface area (Å²) in [5.41, 5.74) is 1.37. The average Bonchev–Trinajstić information content (AvgIpc) is 3.15. The summed E-state index contributed by atoms with van der Waals surface area (Å²) in [5, 5.41) is 7.19. The van der Waals surface area contributed by atoms with Crippen LogP contribution in [0.2, 0.25) is 0 Å². The molecule has 6 nitrogen and oxygen atoms in total. The maximum atomic E-state index is 13.1. The van der Waals surface area contributed by atoms with Gasteiger partial charge in [0.05, 0.1) is 11.4 Å².